The lowest BCUT2D eigenvalue weighted by Gasteiger charge is -2.16. The van der Waals surface area contributed by atoms with E-state index in [2.05, 4.69) is 5.32 Å². The van der Waals surface area contributed by atoms with Crippen LogP contribution in [0.2, 0.25) is 0 Å². The molecule has 1 amide bonds. The summed E-state index contributed by atoms with van der Waals surface area (Å²) in [5.74, 6) is -0.189. The molecule has 1 heterocycles. The average Bonchev–Trinajstić information content (AvgIpc) is 3.08. The lowest BCUT2D eigenvalue weighted by Crippen LogP contribution is -2.29. The van der Waals surface area contributed by atoms with Crippen LogP contribution >= 0.6 is 0 Å². The summed E-state index contributed by atoms with van der Waals surface area (Å²) < 4.78 is 26.4. The third kappa shape index (κ3) is 2.71. The number of sulfonamides is 1. The predicted molar refractivity (Wildman–Crippen MR) is 74.9 cm³/mol. The summed E-state index contributed by atoms with van der Waals surface area (Å²) in [5.41, 5.74) is 0.414. The standard InChI is InChI=1S/C14H18N2O3S/c17-14(15-12-6-7-12)11-4-3-5-13(10-11)20(18,19)16-8-1-2-9-16/h3-5,10,12H,1-2,6-9H2,(H,15,17). The van der Waals surface area contributed by atoms with Crippen LogP contribution in [0.5, 0.6) is 0 Å². The zero-order chi connectivity index (χ0) is 14.2. The monoisotopic (exact) mass is 294 g/mol. The summed E-state index contributed by atoms with van der Waals surface area (Å²) >= 11 is 0. The molecule has 0 aromatic heterocycles. The highest BCUT2D eigenvalue weighted by molar-refractivity contribution is 7.89. The number of amides is 1. The Hall–Kier alpha value is -1.40. The number of carbonyl (C=O) groups excluding carboxylic acids is 1. The minimum absolute atomic E-state index is 0.189. The molecule has 0 radical (unpaired) electrons. The van der Waals surface area contributed by atoms with Crippen LogP contribution in [0.1, 0.15) is 36.0 Å². The summed E-state index contributed by atoms with van der Waals surface area (Å²) in [5, 5.41) is 2.87. The first kappa shape index (κ1) is 13.6. The quantitative estimate of drug-likeness (QED) is 0.912. The van der Waals surface area contributed by atoms with Crippen molar-refractivity contribution in [3.05, 3.63) is 29.8 Å². The van der Waals surface area contributed by atoms with Crippen molar-refractivity contribution in [2.24, 2.45) is 0 Å². The minimum atomic E-state index is -3.45. The van der Waals surface area contributed by atoms with E-state index in [0.29, 0.717) is 18.7 Å². The van der Waals surface area contributed by atoms with Crippen molar-refractivity contribution in [3.63, 3.8) is 0 Å². The van der Waals surface area contributed by atoms with Crippen molar-refractivity contribution < 1.29 is 13.2 Å². The Bertz CT molecular complexity index is 617. The van der Waals surface area contributed by atoms with Gasteiger partial charge in [-0.25, -0.2) is 8.42 Å². The van der Waals surface area contributed by atoms with E-state index in [9.17, 15) is 13.2 Å². The molecule has 0 bridgehead atoms. The molecular weight excluding hydrogens is 276 g/mol. The van der Waals surface area contributed by atoms with Gasteiger partial charge in [-0.3, -0.25) is 4.79 Å². The number of hydrogen-bond donors (Lipinski definition) is 1. The van der Waals surface area contributed by atoms with Crippen molar-refractivity contribution in [1.82, 2.24) is 9.62 Å². The molecule has 2 fully saturated rings. The number of rotatable bonds is 4. The maximum absolute atomic E-state index is 12.4. The predicted octanol–water partition coefficient (Wildman–Crippen LogP) is 1.36. The van der Waals surface area contributed by atoms with Crippen molar-refractivity contribution >= 4 is 15.9 Å². The van der Waals surface area contributed by atoms with E-state index in [1.807, 2.05) is 0 Å². The average molecular weight is 294 g/mol. The van der Waals surface area contributed by atoms with E-state index in [1.165, 1.54) is 10.4 Å². The molecular formula is C14H18N2O3S. The molecule has 3 rings (SSSR count). The first-order chi connectivity index (χ1) is 9.57. The van der Waals surface area contributed by atoms with Gasteiger partial charge in [0.2, 0.25) is 10.0 Å². The molecule has 5 nitrogen and oxygen atoms in total. The van der Waals surface area contributed by atoms with Crippen molar-refractivity contribution in [2.45, 2.75) is 36.6 Å². The molecule has 1 aliphatic heterocycles. The summed E-state index contributed by atoms with van der Waals surface area (Å²) in [4.78, 5) is 12.2. The fourth-order valence-corrected chi connectivity index (χ4v) is 3.94. The molecule has 1 N–H and O–H groups in total. The highest BCUT2D eigenvalue weighted by Crippen LogP contribution is 2.23. The molecule has 6 heteroatoms. The third-order valence-electron chi connectivity index (χ3n) is 3.71. The van der Waals surface area contributed by atoms with Gasteiger partial charge >= 0.3 is 0 Å². The Morgan fingerprint density at radius 1 is 1.20 bits per heavy atom. The van der Waals surface area contributed by atoms with Crippen molar-refractivity contribution in [3.8, 4) is 0 Å². The summed E-state index contributed by atoms with van der Waals surface area (Å²) in [6.07, 6.45) is 3.83. The van der Waals surface area contributed by atoms with E-state index >= 15 is 0 Å². The highest BCUT2D eigenvalue weighted by Gasteiger charge is 2.28. The second-order valence-electron chi connectivity index (χ2n) is 5.39. The number of hydrogen-bond acceptors (Lipinski definition) is 3. The minimum Gasteiger partial charge on any atom is -0.349 e. The van der Waals surface area contributed by atoms with E-state index < -0.39 is 10.0 Å². The third-order valence-corrected chi connectivity index (χ3v) is 5.61. The van der Waals surface area contributed by atoms with E-state index in [4.69, 9.17) is 0 Å². The summed E-state index contributed by atoms with van der Waals surface area (Å²) in [6.45, 7) is 1.14. The zero-order valence-electron chi connectivity index (χ0n) is 11.2. The Balaban J connectivity index is 1.84. The topological polar surface area (TPSA) is 66.5 Å². The van der Waals surface area contributed by atoms with Gasteiger partial charge in [-0.15, -0.1) is 0 Å². The van der Waals surface area contributed by atoms with Gasteiger partial charge in [-0.2, -0.15) is 4.31 Å². The van der Waals surface area contributed by atoms with E-state index in [0.717, 1.165) is 25.7 Å². The number of benzene rings is 1. The molecule has 1 aliphatic carbocycles. The van der Waals surface area contributed by atoms with E-state index in [-0.39, 0.29) is 16.8 Å². The maximum atomic E-state index is 12.4. The van der Waals surface area contributed by atoms with Gasteiger partial charge in [0, 0.05) is 24.7 Å². The lowest BCUT2D eigenvalue weighted by molar-refractivity contribution is 0.0951. The van der Waals surface area contributed by atoms with Gasteiger partial charge in [-0.1, -0.05) is 6.07 Å². The summed E-state index contributed by atoms with van der Waals surface area (Å²) in [7, 11) is -3.45. The number of nitrogens with zero attached hydrogens (tertiary/aromatic N) is 1. The van der Waals surface area contributed by atoms with Gasteiger partial charge in [0.15, 0.2) is 0 Å². The smallest absolute Gasteiger partial charge is 0.251 e. The van der Waals surface area contributed by atoms with Gasteiger partial charge in [0.25, 0.3) is 5.91 Å². The largest absolute Gasteiger partial charge is 0.349 e. The Morgan fingerprint density at radius 3 is 2.55 bits per heavy atom. The first-order valence-corrected chi connectivity index (χ1v) is 8.42. The van der Waals surface area contributed by atoms with Crippen LogP contribution in [0.3, 0.4) is 0 Å². The molecule has 1 saturated heterocycles. The molecule has 2 aliphatic rings. The number of carbonyl (C=O) groups is 1. The first-order valence-electron chi connectivity index (χ1n) is 6.98. The molecule has 1 saturated carbocycles. The lowest BCUT2D eigenvalue weighted by atomic mass is 10.2. The molecule has 0 unspecified atom stereocenters. The van der Waals surface area contributed by atoms with Crippen molar-refractivity contribution in [2.75, 3.05) is 13.1 Å². The maximum Gasteiger partial charge on any atom is 0.251 e. The Kier molecular flexibility index (Phi) is 3.52. The zero-order valence-corrected chi connectivity index (χ0v) is 12.0. The molecule has 1 aromatic rings. The second kappa shape index (κ2) is 5.18. The second-order valence-corrected chi connectivity index (χ2v) is 7.32. The molecule has 0 spiro atoms. The van der Waals surface area contributed by atoms with Crippen LogP contribution in [0.25, 0.3) is 0 Å². The molecule has 0 atom stereocenters. The number of nitrogens with one attached hydrogen (secondary N) is 1. The van der Waals surface area contributed by atoms with Crippen LogP contribution in [-0.4, -0.2) is 37.8 Å². The van der Waals surface area contributed by atoms with Gasteiger partial charge in [-0.05, 0) is 43.9 Å². The van der Waals surface area contributed by atoms with Gasteiger partial charge in [0.1, 0.15) is 0 Å². The van der Waals surface area contributed by atoms with Crippen LogP contribution in [0.4, 0.5) is 0 Å². The van der Waals surface area contributed by atoms with Crippen LogP contribution < -0.4 is 5.32 Å². The van der Waals surface area contributed by atoms with Crippen LogP contribution in [0, 0.1) is 0 Å². The fraction of sp³-hybridized carbons (Fsp3) is 0.500. The SMILES string of the molecule is O=C(NC1CC1)c1cccc(S(=O)(=O)N2CCCC2)c1. The summed E-state index contributed by atoms with van der Waals surface area (Å²) in [6, 6.07) is 6.58. The van der Waals surface area contributed by atoms with Gasteiger partial charge in [0.05, 0.1) is 4.90 Å². The van der Waals surface area contributed by atoms with Gasteiger partial charge < -0.3 is 5.32 Å². The molecule has 108 valence electrons. The Morgan fingerprint density at radius 2 is 1.90 bits per heavy atom. The fourth-order valence-electron chi connectivity index (χ4n) is 2.37. The highest BCUT2D eigenvalue weighted by atomic mass is 32.2. The normalized spacial score (nSPS) is 20.0. The van der Waals surface area contributed by atoms with E-state index in [1.54, 1.807) is 18.2 Å². The Labute approximate surface area is 119 Å². The molecule has 20 heavy (non-hydrogen) atoms. The van der Waals surface area contributed by atoms with Crippen LogP contribution in [0.15, 0.2) is 29.2 Å². The van der Waals surface area contributed by atoms with Crippen molar-refractivity contribution in [1.29, 1.82) is 0 Å². The van der Waals surface area contributed by atoms with Crippen LogP contribution in [-0.2, 0) is 10.0 Å². The molecule has 1 aromatic carbocycles.